The Morgan fingerprint density at radius 1 is 1.33 bits per heavy atom. The SMILES string of the molecule is CC1(c2ccccc2F)CN(C(=O)NC2CCOC3(CCS(=O)(=O)C3)C2)C1. The molecule has 3 aliphatic heterocycles. The number of amides is 2. The van der Waals surface area contributed by atoms with Gasteiger partial charge in [0.25, 0.3) is 0 Å². The maximum atomic E-state index is 14.1. The number of benzene rings is 1. The first-order chi connectivity index (χ1) is 12.7. The van der Waals surface area contributed by atoms with E-state index in [0.29, 0.717) is 44.5 Å². The molecule has 0 radical (unpaired) electrons. The molecule has 0 aliphatic carbocycles. The molecular weight excluding hydrogens is 371 g/mol. The van der Waals surface area contributed by atoms with E-state index in [0.717, 1.165) is 0 Å². The van der Waals surface area contributed by atoms with Gasteiger partial charge in [-0.2, -0.15) is 0 Å². The number of ether oxygens (including phenoxy) is 1. The summed E-state index contributed by atoms with van der Waals surface area (Å²) in [5.41, 5.74) is -0.389. The van der Waals surface area contributed by atoms with Crippen LogP contribution in [0.25, 0.3) is 0 Å². The minimum Gasteiger partial charge on any atom is -0.374 e. The van der Waals surface area contributed by atoms with Crippen LogP contribution in [-0.4, -0.2) is 62.2 Å². The van der Waals surface area contributed by atoms with Crippen molar-refractivity contribution in [1.82, 2.24) is 10.2 Å². The number of halogens is 1. The quantitative estimate of drug-likeness (QED) is 0.828. The number of carbonyl (C=O) groups excluding carboxylic acids is 1. The number of likely N-dealkylation sites (tertiary alicyclic amines) is 1. The molecule has 0 saturated carbocycles. The van der Waals surface area contributed by atoms with Gasteiger partial charge < -0.3 is 15.0 Å². The molecule has 1 N–H and O–H groups in total. The molecule has 148 valence electrons. The van der Waals surface area contributed by atoms with Gasteiger partial charge in [-0.3, -0.25) is 0 Å². The van der Waals surface area contributed by atoms with Crippen molar-refractivity contribution in [2.24, 2.45) is 0 Å². The fraction of sp³-hybridized carbons (Fsp3) is 0.632. The zero-order valence-electron chi connectivity index (χ0n) is 15.4. The van der Waals surface area contributed by atoms with Gasteiger partial charge in [-0.25, -0.2) is 17.6 Å². The molecule has 27 heavy (non-hydrogen) atoms. The molecular formula is C19H25FN2O4S. The van der Waals surface area contributed by atoms with E-state index in [1.54, 1.807) is 17.0 Å². The van der Waals surface area contributed by atoms with Crippen LogP contribution in [-0.2, 0) is 20.0 Å². The minimum absolute atomic E-state index is 0.0431. The van der Waals surface area contributed by atoms with Gasteiger partial charge in [0.2, 0.25) is 0 Å². The second kappa shape index (κ2) is 6.44. The summed E-state index contributed by atoms with van der Waals surface area (Å²) in [7, 11) is -3.05. The van der Waals surface area contributed by atoms with Crippen molar-refractivity contribution in [2.75, 3.05) is 31.2 Å². The lowest BCUT2D eigenvalue weighted by Gasteiger charge is -2.49. The molecule has 2 amide bonds. The summed E-state index contributed by atoms with van der Waals surface area (Å²) in [6.07, 6.45) is 1.69. The molecule has 0 bridgehead atoms. The summed E-state index contributed by atoms with van der Waals surface area (Å²) in [5, 5.41) is 3.02. The van der Waals surface area contributed by atoms with Gasteiger partial charge in [-0.1, -0.05) is 25.1 Å². The number of carbonyl (C=O) groups is 1. The van der Waals surface area contributed by atoms with Gasteiger partial charge in [0.05, 0.1) is 17.1 Å². The number of urea groups is 1. The average Bonchev–Trinajstić information content (AvgIpc) is 2.86. The Hall–Kier alpha value is -1.67. The molecule has 1 aromatic carbocycles. The molecule has 1 aromatic rings. The molecule has 3 heterocycles. The zero-order valence-corrected chi connectivity index (χ0v) is 16.2. The highest BCUT2D eigenvalue weighted by Crippen LogP contribution is 2.37. The highest BCUT2D eigenvalue weighted by atomic mass is 32.2. The third kappa shape index (κ3) is 3.57. The Bertz CT molecular complexity index is 853. The molecule has 3 aliphatic rings. The number of nitrogens with one attached hydrogen (secondary N) is 1. The second-order valence-corrected chi connectivity index (χ2v) is 10.6. The van der Waals surface area contributed by atoms with Gasteiger partial charge in [0.15, 0.2) is 9.84 Å². The molecule has 3 saturated heterocycles. The Morgan fingerprint density at radius 3 is 2.74 bits per heavy atom. The van der Waals surface area contributed by atoms with Crippen molar-refractivity contribution < 1.29 is 22.3 Å². The first kappa shape index (κ1) is 18.7. The number of hydrogen-bond donors (Lipinski definition) is 1. The van der Waals surface area contributed by atoms with E-state index in [9.17, 15) is 17.6 Å². The van der Waals surface area contributed by atoms with Gasteiger partial charge in [-0.05, 0) is 30.9 Å². The summed E-state index contributed by atoms with van der Waals surface area (Å²) in [6.45, 7) is 3.33. The van der Waals surface area contributed by atoms with Crippen LogP contribution >= 0.6 is 0 Å². The van der Waals surface area contributed by atoms with Crippen LogP contribution in [0.4, 0.5) is 9.18 Å². The highest BCUT2D eigenvalue weighted by Gasteiger charge is 2.48. The lowest BCUT2D eigenvalue weighted by atomic mass is 9.75. The van der Waals surface area contributed by atoms with E-state index < -0.39 is 15.4 Å². The predicted molar refractivity (Wildman–Crippen MR) is 98.8 cm³/mol. The van der Waals surface area contributed by atoms with Crippen LogP contribution < -0.4 is 5.32 Å². The van der Waals surface area contributed by atoms with E-state index in [4.69, 9.17) is 4.74 Å². The minimum atomic E-state index is -3.05. The molecule has 8 heteroatoms. The average molecular weight is 396 g/mol. The Kier molecular flexibility index (Phi) is 4.46. The number of nitrogens with zero attached hydrogens (tertiary/aromatic N) is 1. The fourth-order valence-electron chi connectivity index (χ4n) is 4.64. The van der Waals surface area contributed by atoms with E-state index >= 15 is 0 Å². The monoisotopic (exact) mass is 396 g/mol. The second-order valence-electron chi connectivity index (χ2n) is 8.41. The van der Waals surface area contributed by atoms with Gasteiger partial charge in [0.1, 0.15) is 5.82 Å². The topological polar surface area (TPSA) is 75.7 Å². The smallest absolute Gasteiger partial charge is 0.317 e. The molecule has 1 spiro atoms. The van der Waals surface area contributed by atoms with Crippen molar-refractivity contribution in [3.05, 3.63) is 35.6 Å². The third-order valence-electron chi connectivity index (χ3n) is 6.06. The molecule has 4 rings (SSSR count). The van der Waals surface area contributed by atoms with Crippen LogP contribution in [0.5, 0.6) is 0 Å². The normalized spacial score (nSPS) is 31.5. The van der Waals surface area contributed by atoms with Crippen LogP contribution in [0.15, 0.2) is 24.3 Å². The summed E-state index contributed by atoms with van der Waals surface area (Å²) in [6, 6.07) is 6.42. The molecule has 0 aromatic heterocycles. The number of rotatable bonds is 2. The molecule has 6 nitrogen and oxygen atoms in total. The Morgan fingerprint density at radius 2 is 2.07 bits per heavy atom. The predicted octanol–water partition coefficient (Wildman–Crippen LogP) is 1.84. The van der Waals surface area contributed by atoms with Crippen LogP contribution in [0.1, 0.15) is 31.7 Å². The van der Waals surface area contributed by atoms with Gasteiger partial charge in [-0.15, -0.1) is 0 Å². The van der Waals surface area contributed by atoms with Gasteiger partial charge >= 0.3 is 6.03 Å². The van der Waals surface area contributed by atoms with Crippen LogP contribution in [0.2, 0.25) is 0 Å². The van der Waals surface area contributed by atoms with E-state index in [1.165, 1.54) is 6.07 Å². The fourth-order valence-corrected chi connectivity index (χ4v) is 6.61. The third-order valence-corrected chi connectivity index (χ3v) is 7.86. The van der Waals surface area contributed by atoms with E-state index in [2.05, 4.69) is 5.32 Å². The van der Waals surface area contributed by atoms with Crippen molar-refractivity contribution in [1.29, 1.82) is 0 Å². The van der Waals surface area contributed by atoms with Crippen molar-refractivity contribution in [3.63, 3.8) is 0 Å². The zero-order chi connectivity index (χ0) is 19.3. The first-order valence-electron chi connectivity index (χ1n) is 9.35. The van der Waals surface area contributed by atoms with Crippen molar-refractivity contribution in [3.8, 4) is 0 Å². The Balaban J connectivity index is 1.35. The largest absolute Gasteiger partial charge is 0.374 e. The van der Waals surface area contributed by atoms with Crippen LogP contribution in [0, 0.1) is 5.82 Å². The Labute approximate surface area is 159 Å². The summed E-state index contributed by atoms with van der Waals surface area (Å²) in [4.78, 5) is 14.3. The first-order valence-corrected chi connectivity index (χ1v) is 11.2. The van der Waals surface area contributed by atoms with E-state index in [1.807, 2.05) is 13.0 Å². The number of hydrogen-bond acceptors (Lipinski definition) is 4. The van der Waals surface area contributed by atoms with Gasteiger partial charge in [0, 0.05) is 31.2 Å². The van der Waals surface area contributed by atoms with Crippen molar-refractivity contribution in [2.45, 2.75) is 43.2 Å². The summed E-state index contributed by atoms with van der Waals surface area (Å²) in [5.74, 6) is -0.0451. The van der Waals surface area contributed by atoms with Crippen LogP contribution in [0.3, 0.4) is 0 Å². The summed E-state index contributed by atoms with van der Waals surface area (Å²) >= 11 is 0. The molecule has 2 atom stereocenters. The maximum Gasteiger partial charge on any atom is 0.317 e. The lowest BCUT2D eigenvalue weighted by molar-refractivity contribution is -0.0695. The van der Waals surface area contributed by atoms with Crippen molar-refractivity contribution >= 4 is 15.9 Å². The molecule has 2 unspecified atom stereocenters. The number of sulfone groups is 1. The summed E-state index contributed by atoms with van der Waals surface area (Å²) < 4.78 is 43.5. The van der Waals surface area contributed by atoms with E-state index in [-0.39, 0.29) is 34.8 Å². The standard InChI is InChI=1S/C19H25FN2O4S/c1-18(15-4-2-3-5-16(15)20)11-22(12-18)17(23)21-14-6-8-26-19(10-14)7-9-27(24,25)13-19/h2-5,14H,6-13H2,1H3,(H,21,23). The lowest BCUT2D eigenvalue weighted by Crippen LogP contribution is -2.63. The maximum absolute atomic E-state index is 14.1. The highest BCUT2D eigenvalue weighted by molar-refractivity contribution is 7.91. The molecule has 3 fully saturated rings.